The summed E-state index contributed by atoms with van der Waals surface area (Å²) in [6.45, 7) is 4.89. The predicted octanol–water partition coefficient (Wildman–Crippen LogP) is 13.9. The van der Waals surface area contributed by atoms with E-state index in [1.54, 1.807) is 0 Å². The van der Waals surface area contributed by atoms with Gasteiger partial charge in [0.25, 0.3) is 0 Å². The molecule has 1 amide bonds. The molecule has 3 atom stereocenters. The Morgan fingerprint density at radius 3 is 1.35 bits per heavy atom. The van der Waals surface area contributed by atoms with Gasteiger partial charge in [-0.3, -0.25) is 13.8 Å². The number of carbonyl (C=O) groups is 1. The number of quaternary nitrogens is 1. The van der Waals surface area contributed by atoms with Gasteiger partial charge >= 0.3 is 7.82 Å². The summed E-state index contributed by atoms with van der Waals surface area (Å²) in [5.74, 6) is -0.146. The molecule has 3 unspecified atom stereocenters. The fourth-order valence-electron chi connectivity index (χ4n) is 7.34. The number of rotatable bonds is 45. The molecule has 0 aromatic carbocycles. The lowest BCUT2D eigenvalue weighted by molar-refractivity contribution is -0.870. The number of phosphoric acid groups is 1. The number of hydrogen-bond acceptors (Lipinski definition) is 5. The number of unbranched alkanes of at least 4 members (excludes halogenated alkanes) is 30. The van der Waals surface area contributed by atoms with Crippen molar-refractivity contribution >= 4 is 13.7 Å². The molecule has 0 aromatic heterocycles. The second kappa shape index (κ2) is 40.6. The Labute approximate surface area is 354 Å². The minimum atomic E-state index is -4.31. The highest BCUT2D eigenvalue weighted by Gasteiger charge is 2.28. The molecular formula is C48H98N2O6P+. The lowest BCUT2D eigenvalue weighted by Gasteiger charge is -2.26. The number of aliphatic hydroxyl groups excluding tert-OH is 1. The molecule has 0 aliphatic heterocycles. The quantitative estimate of drug-likeness (QED) is 0.0244. The average Bonchev–Trinajstić information content (AvgIpc) is 3.16. The predicted molar refractivity (Wildman–Crippen MR) is 245 cm³/mol. The maximum atomic E-state index is 12.9. The van der Waals surface area contributed by atoms with Gasteiger partial charge in [-0.2, -0.15) is 0 Å². The molecule has 0 aliphatic carbocycles. The molecular weight excluding hydrogens is 732 g/mol. The molecule has 0 saturated heterocycles. The summed E-state index contributed by atoms with van der Waals surface area (Å²) in [6, 6.07) is -0.756. The molecule has 340 valence electrons. The van der Waals surface area contributed by atoms with Gasteiger partial charge in [-0.05, 0) is 38.5 Å². The molecule has 0 spiro atoms. The third kappa shape index (κ3) is 43.1. The van der Waals surface area contributed by atoms with Crippen molar-refractivity contribution < 1.29 is 32.9 Å². The van der Waals surface area contributed by atoms with Crippen molar-refractivity contribution in [2.75, 3.05) is 40.9 Å². The van der Waals surface area contributed by atoms with Crippen molar-refractivity contribution in [2.45, 2.75) is 251 Å². The number of phosphoric ester groups is 1. The van der Waals surface area contributed by atoms with Gasteiger partial charge in [-0.25, -0.2) is 4.57 Å². The van der Waals surface area contributed by atoms with Crippen LogP contribution >= 0.6 is 7.82 Å². The maximum absolute atomic E-state index is 12.9. The van der Waals surface area contributed by atoms with Gasteiger partial charge in [0.05, 0.1) is 39.9 Å². The average molecular weight is 830 g/mol. The summed E-state index contributed by atoms with van der Waals surface area (Å²) in [6.07, 6.45) is 46.9. The van der Waals surface area contributed by atoms with Crippen LogP contribution in [0, 0.1) is 0 Å². The zero-order chi connectivity index (χ0) is 42.1. The zero-order valence-corrected chi connectivity index (χ0v) is 39.5. The molecule has 0 aliphatic rings. The summed E-state index contributed by atoms with van der Waals surface area (Å²) in [7, 11) is 1.62. The van der Waals surface area contributed by atoms with E-state index in [4.69, 9.17) is 9.05 Å². The Balaban J connectivity index is 4.11. The Morgan fingerprint density at radius 1 is 0.579 bits per heavy atom. The summed E-state index contributed by atoms with van der Waals surface area (Å²) in [5, 5.41) is 13.9. The van der Waals surface area contributed by atoms with E-state index < -0.39 is 20.0 Å². The molecule has 0 saturated carbocycles. The summed E-state index contributed by atoms with van der Waals surface area (Å²) in [4.78, 5) is 23.1. The number of amides is 1. The van der Waals surface area contributed by atoms with Gasteiger partial charge in [0.2, 0.25) is 5.91 Å². The molecule has 0 radical (unpaired) electrons. The van der Waals surface area contributed by atoms with Crippen molar-refractivity contribution in [3.63, 3.8) is 0 Å². The highest BCUT2D eigenvalue weighted by Crippen LogP contribution is 2.43. The lowest BCUT2D eigenvalue weighted by atomic mass is 10.0. The van der Waals surface area contributed by atoms with E-state index in [2.05, 4.69) is 31.3 Å². The normalized spacial score (nSPS) is 14.3. The van der Waals surface area contributed by atoms with Gasteiger partial charge in [0, 0.05) is 6.42 Å². The van der Waals surface area contributed by atoms with E-state index in [9.17, 15) is 19.4 Å². The second-order valence-corrected chi connectivity index (χ2v) is 19.6. The number of allylic oxidation sites excluding steroid dienone is 2. The van der Waals surface area contributed by atoms with Crippen LogP contribution in [0.2, 0.25) is 0 Å². The van der Waals surface area contributed by atoms with Crippen LogP contribution in [-0.2, 0) is 18.4 Å². The SMILES string of the molecule is CCCCCCCCCCCCCC/C=C\CCCCCCCCCCCC(=O)NC(COP(=O)(O)OCC[N+](C)(C)C)C(O)CCCCCCCCCCCC. The van der Waals surface area contributed by atoms with E-state index in [0.717, 1.165) is 38.5 Å². The first-order valence-corrected chi connectivity index (χ1v) is 26.0. The zero-order valence-electron chi connectivity index (χ0n) is 38.6. The van der Waals surface area contributed by atoms with Crippen LogP contribution in [-0.4, -0.2) is 73.4 Å². The minimum absolute atomic E-state index is 0.0760. The Bertz CT molecular complexity index is 942. The van der Waals surface area contributed by atoms with Crippen molar-refractivity contribution in [2.24, 2.45) is 0 Å². The molecule has 8 nitrogen and oxygen atoms in total. The maximum Gasteiger partial charge on any atom is 0.472 e. The molecule has 0 rings (SSSR count). The number of carbonyl (C=O) groups excluding carboxylic acids is 1. The Hall–Kier alpha value is -0.760. The van der Waals surface area contributed by atoms with Crippen LogP contribution in [0.1, 0.15) is 239 Å². The van der Waals surface area contributed by atoms with Crippen molar-refractivity contribution in [1.29, 1.82) is 0 Å². The van der Waals surface area contributed by atoms with Crippen molar-refractivity contribution in [1.82, 2.24) is 5.32 Å². The first kappa shape index (κ1) is 56.2. The first-order valence-electron chi connectivity index (χ1n) is 24.6. The van der Waals surface area contributed by atoms with Crippen LogP contribution in [0.5, 0.6) is 0 Å². The molecule has 0 heterocycles. The summed E-state index contributed by atoms with van der Waals surface area (Å²) < 4.78 is 23.6. The molecule has 0 fully saturated rings. The van der Waals surface area contributed by atoms with E-state index >= 15 is 0 Å². The fourth-order valence-corrected chi connectivity index (χ4v) is 8.07. The number of likely N-dealkylation sites (N-methyl/N-ethyl adjacent to an activating group) is 1. The smallest absolute Gasteiger partial charge is 0.391 e. The standard InChI is InChI=1S/C48H97N2O6P/c1-6-8-10-12-14-16-18-19-20-21-22-23-24-25-26-27-28-29-30-31-32-34-36-38-40-42-48(52)49-46(45-56-57(53,54)55-44-43-50(3,4)5)47(51)41-39-37-35-33-17-15-13-11-9-7-2/h25-26,46-47,51H,6-24,27-45H2,1-5H3,(H-,49,52,53,54)/p+1/b26-25-. The summed E-state index contributed by atoms with van der Waals surface area (Å²) >= 11 is 0. The van der Waals surface area contributed by atoms with Crippen LogP contribution < -0.4 is 5.32 Å². The van der Waals surface area contributed by atoms with Crippen LogP contribution in [0.4, 0.5) is 0 Å². The van der Waals surface area contributed by atoms with Gasteiger partial charge in [-0.1, -0.05) is 206 Å². The van der Waals surface area contributed by atoms with Crippen molar-refractivity contribution in [3.8, 4) is 0 Å². The summed E-state index contributed by atoms with van der Waals surface area (Å²) in [5.41, 5.74) is 0. The highest BCUT2D eigenvalue weighted by molar-refractivity contribution is 7.47. The van der Waals surface area contributed by atoms with E-state index in [1.807, 2.05) is 21.1 Å². The Morgan fingerprint density at radius 2 is 0.947 bits per heavy atom. The number of hydrogen-bond donors (Lipinski definition) is 3. The van der Waals surface area contributed by atoms with E-state index in [-0.39, 0.29) is 19.1 Å². The topological polar surface area (TPSA) is 105 Å². The molecule has 57 heavy (non-hydrogen) atoms. The third-order valence-electron chi connectivity index (χ3n) is 11.3. The van der Waals surface area contributed by atoms with Crippen LogP contribution in [0.25, 0.3) is 0 Å². The first-order chi connectivity index (χ1) is 27.5. The lowest BCUT2D eigenvalue weighted by Crippen LogP contribution is -2.46. The number of nitrogens with zero attached hydrogens (tertiary/aromatic N) is 1. The van der Waals surface area contributed by atoms with Crippen LogP contribution in [0.3, 0.4) is 0 Å². The second-order valence-electron chi connectivity index (χ2n) is 18.2. The van der Waals surface area contributed by atoms with Gasteiger partial charge < -0.3 is 19.8 Å². The minimum Gasteiger partial charge on any atom is -0.391 e. The van der Waals surface area contributed by atoms with E-state index in [1.165, 1.54) is 173 Å². The Kier molecular flexibility index (Phi) is 40.1. The third-order valence-corrected chi connectivity index (χ3v) is 12.2. The molecule has 0 bridgehead atoms. The van der Waals surface area contributed by atoms with Gasteiger partial charge in [0.1, 0.15) is 13.2 Å². The highest BCUT2D eigenvalue weighted by atomic mass is 31.2. The van der Waals surface area contributed by atoms with Gasteiger partial charge in [-0.15, -0.1) is 0 Å². The molecule has 0 aromatic rings. The largest absolute Gasteiger partial charge is 0.472 e. The van der Waals surface area contributed by atoms with Crippen molar-refractivity contribution in [3.05, 3.63) is 12.2 Å². The van der Waals surface area contributed by atoms with Gasteiger partial charge in [0.15, 0.2) is 0 Å². The van der Waals surface area contributed by atoms with E-state index in [0.29, 0.717) is 23.9 Å². The molecule has 3 N–H and O–H groups in total. The fraction of sp³-hybridized carbons (Fsp3) is 0.938. The number of aliphatic hydroxyl groups is 1. The van der Waals surface area contributed by atoms with Crippen LogP contribution in [0.15, 0.2) is 12.2 Å². The molecule has 9 heteroatoms. The number of nitrogens with one attached hydrogen (secondary N) is 1. The monoisotopic (exact) mass is 830 g/mol.